The molecule has 0 bridgehead atoms. The number of fused-ring (bicyclic) bond motifs is 1. The van der Waals surface area contributed by atoms with E-state index in [1.807, 2.05) is 18.2 Å². The van der Waals surface area contributed by atoms with Crippen molar-refractivity contribution in [3.8, 4) is 11.5 Å². The molecule has 2 aliphatic heterocycles. The van der Waals surface area contributed by atoms with Crippen LogP contribution in [-0.2, 0) is 0 Å². The van der Waals surface area contributed by atoms with E-state index in [1.54, 1.807) is 0 Å². The number of ether oxygens (including phenoxy) is 2. The Balaban J connectivity index is 1.49. The second-order valence-corrected chi connectivity index (χ2v) is 6.19. The van der Waals surface area contributed by atoms with Crippen LogP contribution in [0, 0.1) is 0 Å². The fraction of sp³-hybridized carbons (Fsp3) is 0.562. The summed E-state index contributed by atoms with van der Waals surface area (Å²) >= 11 is 5.37. The molecule has 120 valence electrons. The van der Waals surface area contributed by atoms with Crippen LogP contribution in [0.5, 0.6) is 11.5 Å². The Morgan fingerprint density at radius 3 is 2.73 bits per heavy atom. The molecule has 2 aliphatic rings. The highest BCUT2D eigenvalue weighted by molar-refractivity contribution is 7.80. The van der Waals surface area contributed by atoms with Gasteiger partial charge in [0.1, 0.15) is 13.2 Å². The molecule has 1 aromatic rings. The summed E-state index contributed by atoms with van der Waals surface area (Å²) in [5.41, 5.74) is 0.913. The number of anilines is 1. The normalized spacial score (nSPS) is 18.8. The molecule has 0 aliphatic carbocycles. The molecule has 1 aromatic carbocycles. The Morgan fingerprint density at radius 2 is 1.95 bits per heavy atom. The fourth-order valence-electron chi connectivity index (χ4n) is 2.85. The van der Waals surface area contributed by atoms with Crippen LogP contribution >= 0.6 is 12.2 Å². The Bertz CT molecular complexity index is 532. The van der Waals surface area contributed by atoms with E-state index in [4.69, 9.17) is 21.7 Å². The third kappa shape index (κ3) is 3.81. The minimum Gasteiger partial charge on any atom is -0.486 e. The minimum absolute atomic E-state index is 0.502. The first-order chi connectivity index (χ1) is 10.7. The number of likely N-dealkylation sites (tertiary alicyclic amines) is 1. The van der Waals surface area contributed by atoms with Gasteiger partial charge in [-0.1, -0.05) is 0 Å². The zero-order valence-corrected chi connectivity index (χ0v) is 13.7. The lowest BCUT2D eigenvalue weighted by atomic mass is 10.2. The van der Waals surface area contributed by atoms with Crippen molar-refractivity contribution in [2.75, 3.05) is 38.2 Å². The van der Waals surface area contributed by atoms with E-state index in [0.29, 0.717) is 24.4 Å². The lowest BCUT2D eigenvalue weighted by Gasteiger charge is -2.24. The topological polar surface area (TPSA) is 45.8 Å². The van der Waals surface area contributed by atoms with Crippen molar-refractivity contribution in [2.24, 2.45) is 0 Å². The first kappa shape index (κ1) is 15.4. The predicted octanol–water partition coefficient (Wildman–Crippen LogP) is 2.23. The quantitative estimate of drug-likeness (QED) is 0.829. The number of benzene rings is 1. The predicted molar refractivity (Wildman–Crippen MR) is 91.9 cm³/mol. The summed E-state index contributed by atoms with van der Waals surface area (Å²) in [7, 11) is 0. The SMILES string of the molecule is CC(CNC(=S)Nc1ccc2c(c1)OCCO2)N1CCCC1. The zero-order chi connectivity index (χ0) is 15.4. The van der Waals surface area contributed by atoms with Crippen molar-refractivity contribution >= 4 is 23.0 Å². The van der Waals surface area contributed by atoms with E-state index in [1.165, 1.54) is 25.9 Å². The van der Waals surface area contributed by atoms with Crippen LogP contribution in [0.25, 0.3) is 0 Å². The number of nitrogens with one attached hydrogen (secondary N) is 2. The Kier molecular flexibility index (Phi) is 5.00. The van der Waals surface area contributed by atoms with Gasteiger partial charge in [-0.25, -0.2) is 0 Å². The van der Waals surface area contributed by atoms with Crippen molar-refractivity contribution in [1.82, 2.24) is 10.2 Å². The van der Waals surface area contributed by atoms with Crippen molar-refractivity contribution in [3.05, 3.63) is 18.2 Å². The van der Waals surface area contributed by atoms with Crippen molar-refractivity contribution in [3.63, 3.8) is 0 Å². The van der Waals surface area contributed by atoms with E-state index in [2.05, 4.69) is 22.5 Å². The molecule has 2 heterocycles. The molecular weight excluding hydrogens is 298 g/mol. The van der Waals surface area contributed by atoms with Gasteiger partial charge in [-0.2, -0.15) is 0 Å². The molecule has 0 radical (unpaired) electrons. The van der Waals surface area contributed by atoms with E-state index < -0.39 is 0 Å². The highest BCUT2D eigenvalue weighted by Crippen LogP contribution is 2.32. The second-order valence-electron chi connectivity index (χ2n) is 5.79. The fourth-order valence-corrected chi connectivity index (χ4v) is 3.05. The maximum atomic E-state index is 5.58. The Morgan fingerprint density at radius 1 is 1.23 bits per heavy atom. The Hall–Kier alpha value is -1.53. The average molecular weight is 321 g/mol. The van der Waals surface area contributed by atoms with Gasteiger partial charge in [0, 0.05) is 24.3 Å². The van der Waals surface area contributed by atoms with Gasteiger partial charge in [-0.05, 0) is 57.2 Å². The number of rotatable bonds is 4. The van der Waals surface area contributed by atoms with Gasteiger partial charge in [-0.15, -0.1) is 0 Å². The molecule has 0 saturated carbocycles. The van der Waals surface area contributed by atoms with Crippen LogP contribution in [0.15, 0.2) is 18.2 Å². The van der Waals surface area contributed by atoms with Crippen LogP contribution in [0.1, 0.15) is 19.8 Å². The van der Waals surface area contributed by atoms with Gasteiger partial charge in [0.2, 0.25) is 0 Å². The van der Waals surface area contributed by atoms with Gasteiger partial charge < -0.3 is 20.1 Å². The van der Waals surface area contributed by atoms with Crippen LogP contribution in [0.2, 0.25) is 0 Å². The molecule has 1 unspecified atom stereocenters. The van der Waals surface area contributed by atoms with E-state index in [0.717, 1.165) is 23.7 Å². The van der Waals surface area contributed by atoms with E-state index in [-0.39, 0.29) is 0 Å². The van der Waals surface area contributed by atoms with E-state index in [9.17, 15) is 0 Å². The summed E-state index contributed by atoms with van der Waals surface area (Å²) in [6.07, 6.45) is 2.62. The summed E-state index contributed by atoms with van der Waals surface area (Å²) in [6.45, 7) is 6.69. The van der Waals surface area contributed by atoms with Crippen molar-refractivity contribution in [1.29, 1.82) is 0 Å². The van der Waals surface area contributed by atoms with Gasteiger partial charge in [-0.3, -0.25) is 4.90 Å². The van der Waals surface area contributed by atoms with Crippen LogP contribution < -0.4 is 20.1 Å². The van der Waals surface area contributed by atoms with Crippen molar-refractivity contribution in [2.45, 2.75) is 25.8 Å². The smallest absolute Gasteiger partial charge is 0.170 e. The molecular formula is C16H23N3O2S. The largest absolute Gasteiger partial charge is 0.486 e. The molecule has 1 atom stereocenters. The standard InChI is InChI=1S/C16H23N3O2S/c1-12(19-6-2-3-7-19)11-17-16(22)18-13-4-5-14-15(10-13)21-9-8-20-14/h4-5,10,12H,2-3,6-9,11H2,1H3,(H2,17,18,22). The molecule has 0 aromatic heterocycles. The van der Waals surface area contributed by atoms with Crippen LogP contribution in [0.4, 0.5) is 5.69 Å². The number of nitrogens with zero attached hydrogens (tertiary/aromatic N) is 1. The first-order valence-corrected chi connectivity index (χ1v) is 8.32. The molecule has 6 heteroatoms. The van der Waals surface area contributed by atoms with Gasteiger partial charge >= 0.3 is 0 Å². The second kappa shape index (κ2) is 7.15. The molecule has 5 nitrogen and oxygen atoms in total. The molecule has 0 spiro atoms. The number of hydrogen-bond acceptors (Lipinski definition) is 4. The maximum absolute atomic E-state index is 5.58. The highest BCUT2D eigenvalue weighted by atomic mass is 32.1. The lowest BCUT2D eigenvalue weighted by Crippen LogP contribution is -2.42. The lowest BCUT2D eigenvalue weighted by molar-refractivity contribution is 0.171. The average Bonchev–Trinajstić information content (AvgIpc) is 3.07. The highest BCUT2D eigenvalue weighted by Gasteiger charge is 2.18. The molecule has 3 rings (SSSR count). The third-order valence-corrected chi connectivity index (χ3v) is 4.37. The number of thiocarbonyl (C=S) groups is 1. The van der Waals surface area contributed by atoms with Gasteiger partial charge in [0.15, 0.2) is 16.6 Å². The summed E-state index contributed by atoms with van der Waals surface area (Å²) < 4.78 is 11.1. The molecule has 2 N–H and O–H groups in total. The van der Waals surface area contributed by atoms with Gasteiger partial charge in [0.05, 0.1) is 0 Å². The van der Waals surface area contributed by atoms with Gasteiger partial charge in [0.25, 0.3) is 0 Å². The zero-order valence-electron chi connectivity index (χ0n) is 12.9. The van der Waals surface area contributed by atoms with Crippen LogP contribution in [0.3, 0.4) is 0 Å². The molecule has 0 amide bonds. The summed E-state index contributed by atoms with van der Waals surface area (Å²) in [4.78, 5) is 2.50. The molecule has 1 saturated heterocycles. The summed E-state index contributed by atoms with van der Waals surface area (Å²) in [5, 5.41) is 7.14. The van der Waals surface area contributed by atoms with Crippen molar-refractivity contribution < 1.29 is 9.47 Å². The molecule has 22 heavy (non-hydrogen) atoms. The third-order valence-electron chi connectivity index (χ3n) is 4.12. The monoisotopic (exact) mass is 321 g/mol. The maximum Gasteiger partial charge on any atom is 0.170 e. The first-order valence-electron chi connectivity index (χ1n) is 7.91. The summed E-state index contributed by atoms with van der Waals surface area (Å²) in [5.74, 6) is 1.56. The number of hydrogen-bond donors (Lipinski definition) is 2. The Labute approximate surface area is 137 Å². The van der Waals surface area contributed by atoms with E-state index >= 15 is 0 Å². The van der Waals surface area contributed by atoms with Crippen LogP contribution in [-0.4, -0.2) is 48.9 Å². The summed E-state index contributed by atoms with van der Waals surface area (Å²) in [6, 6.07) is 6.28. The molecule has 1 fully saturated rings. The minimum atomic E-state index is 0.502.